The van der Waals surface area contributed by atoms with Gasteiger partial charge in [0.2, 0.25) is 0 Å². The molecule has 82 valence electrons. The van der Waals surface area contributed by atoms with Crippen LogP contribution in [0.15, 0.2) is 28.7 Å². The van der Waals surface area contributed by atoms with Crippen molar-refractivity contribution in [3.63, 3.8) is 0 Å². The molecule has 3 nitrogen and oxygen atoms in total. The van der Waals surface area contributed by atoms with Crippen molar-refractivity contribution in [1.82, 2.24) is 4.98 Å². The molecule has 0 spiro atoms. The minimum Gasteiger partial charge on any atom is -0.464 e. The Hall–Kier alpha value is -1.13. The van der Waals surface area contributed by atoms with Crippen molar-refractivity contribution < 1.29 is 9.53 Å². The first kappa shape index (κ1) is 11.4. The Morgan fingerprint density at radius 3 is 2.88 bits per heavy atom. The highest BCUT2D eigenvalue weighted by atomic mass is 79.9. The summed E-state index contributed by atoms with van der Waals surface area (Å²) in [7, 11) is 1.31. The number of esters is 1. The molecule has 1 aromatic heterocycles. The highest BCUT2D eigenvalue weighted by Gasteiger charge is 2.12. The molecule has 0 saturated heterocycles. The number of hydrogen-bond acceptors (Lipinski definition) is 3. The summed E-state index contributed by atoms with van der Waals surface area (Å²) < 4.78 is 5.47. The fourth-order valence-corrected chi connectivity index (χ4v) is 2.14. The molecule has 0 saturated carbocycles. The van der Waals surface area contributed by atoms with E-state index >= 15 is 0 Å². The zero-order valence-electron chi connectivity index (χ0n) is 8.33. The minimum absolute atomic E-state index is 0.201. The zero-order valence-corrected chi connectivity index (χ0v) is 10.7. The molecule has 0 atom stereocenters. The number of carbonyl (C=O) groups is 1. The van der Waals surface area contributed by atoms with Crippen molar-refractivity contribution in [2.45, 2.75) is 0 Å². The Morgan fingerprint density at radius 1 is 1.44 bits per heavy atom. The van der Waals surface area contributed by atoms with Gasteiger partial charge in [-0.3, -0.25) is 0 Å². The van der Waals surface area contributed by atoms with Crippen LogP contribution >= 0.6 is 27.5 Å². The lowest BCUT2D eigenvalue weighted by molar-refractivity contribution is 0.0594. The lowest BCUT2D eigenvalue weighted by Gasteiger charge is -2.05. The average molecular weight is 301 g/mol. The maximum absolute atomic E-state index is 11.4. The van der Waals surface area contributed by atoms with Gasteiger partial charge < -0.3 is 4.74 Å². The van der Waals surface area contributed by atoms with Gasteiger partial charge in [0.15, 0.2) is 5.69 Å². The number of ether oxygens (including phenoxy) is 1. The van der Waals surface area contributed by atoms with E-state index < -0.39 is 5.97 Å². The van der Waals surface area contributed by atoms with Gasteiger partial charge in [-0.05, 0) is 12.1 Å². The third-order valence-corrected chi connectivity index (χ3v) is 3.15. The smallest absolute Gasteiger partial charge is 0.356 e. The van der Waals surface area contributed by atoms with E-state index in [2.05, 4.69) is 25.7 Å². The molecule has 5 heteroatoms. The lowest BCUT2D eigenvalue weighted by atomic mass is 10.1. The third kappa shape index (κ3) is 1.90. The summed E-state index contributed by atoms with van der Waals surface area (Å²) in [5, 5.41) is 1.92. The number of aromatic nitrogens is 1. The van der Waals surface area contributed by atoms with E-state index in [4.69, 9.17) is 11.6 Å². The first-order chi connectivity index (χ1) is 7.63. The Kier molecular flexibility index (Phi) is 3.12. The Morgan fingerprint density at radius 2 is 2.19 bits per heavy atom. The number of nitrogens with zero attached hydrogens (tertiary/aromatic N) is 1. The zero-order chi connectivity index (χ0) is 11.7. The number of carbonyl (C=O) groups excluding carboxylic acids is 1. The fourth-order valence-electron chi connectivity index (χ4n) is 1.41. The average Bonchev–Trinajstić information content (AvgIpc) is 2.29. The van der Waals surface area contributed by atoms with Gasteiger partial charge in [0.1, 0.15) is 5.15 Å². The SMILES string of the molecule is COC(=O)c1cc2c(Br)cccc2c(Cl)n1. The van der Waals surface area contributed by atoms with Crippen molar-refractivity contribution in [3.05, 3.63) is 39.6 Å². The van der Waals surface area contributed by atoms with Crippen LogP contribution in [0.1, 0.15) is 10.5 Å². The van der Waals surface area contributed by atoms with Gasteiger partial charge in [-0.15, -0.1) is 0 Å². The van der Waals surface area contributed by atoms with E-state index in [1.807, 2.05) is 18.2 Å². The van der Waals surface area contributed by atoms with Crippen LogP contribution < -0.4 is 0 Å². The second kappa shape index (κ2) is 4.39. The van der Waals surface area contributed by atoms with Gasteiger partial charge in [0.05, 0.1) is 7.11 Å². The van der Waals surface area contributed by atoms with Crippen LogP contribution in [0.3, 0.4) is 0 Å². The monoisotopic (exact) mass is 299 g/mol. The summed E-state index contributed by atoms with van der Waals surface area (Å²) in [6.45, 7) is 0. The highest BCUT2D eigenvalue weighted by molar-refractivity contribution is 9.10. The maximum atomic E-state index is 11.4. The van der Waals surface area contributed by atoms with Crippen molar-refractivity contribution in [1.29, 1.82) is 0 Å². The van der Waals surface area contributed by atoms with Crippen molar-refractivity contribution >= 4 is 44.3 Å². The standard InChI is InChI=1S/C11H7BrClNO2/c1-16-11(15)9-5-7-6(10(13)14-9)3-2-4-8(7)12/h2-5H,1H3. The maximum Gasteiger partial charge on any atom is 0.356 e. The predicted molar refractivity (Wildman–Crippen MR) is 65.8 cm³/mol. The van der Waals surface area contributed by atoms with Gasteiger partial charge >= 0.3 is 5.97 Å². The predicted octanol–water partition coefficient (Wildman–Crippen LogP) is 3.44. The number of fused-ring (bicyclic) bond motifs is 1. The molecular formula is C11H7BrClNO2. The second-order valence-electron chi connectivity index (χ2n) is 3.12. The molecule has 16 heavy (non-hydrogen) atoms. The van der Waals surface area contributed by atoms with Crippen molar-refractivity contribution in [2.75, 3.05) is 7.11 Å². The number of rotatable bonds is 1. The van der Waals surface area contributed by atoms with Gasteiger partial charge in [-0.1, -0.05) is 39.7 Å². The van der Waals surface area contributed by atoms with E-state index in [0.29, 0.717) is 5.15 Å². The fraction of sp³-hybridized carbons (Fsp3) is 0.0909. The molecule has 0 fully saturated rings. The number of pyridine rings is 1. The molecule has 1 heterocycles. The molecule has 2 aromatic rings. The molecule has 0 aliphatic carbocycles. The van der Waals surface area contributed by atoms with Crippen LogP contribution in [0.2, 0.25) is 5.15 Å². The molecule has 0 N–H and O–H groups in total. The molecule has 0 aliphatic rings. The van der Waals surface area contributed by atoms with Crippen molar-refractivity contribution in [3.8, 4) is 0 Å². The molecule has 0 bridgehead atoms. The van der Waals surface area contributed by atoms with Gasteiger partial charge in [0.25, 0.3) is 0 Å². The quantitative estimate of drug-likeness (QED) is 0.598. The number of hydrogen-bond donors (Lipinski definition) is 0. The van der Waals surface area contributed by atoms with Crippen LogP contribution in [-0.4, -0.2) is 18.1 Å². The van der Waals surface area contributed by atoms with Crippen LogP contribution in [0.5, 0.6) is 0 Å². The largest absolute Gasteiger partial charge is 0.464 e. The second-order valence-corrected chi connectivity index (χ2v) is 4.34. The van der Waals surface area contributed by atoms with Crippen LogP contribution in [-0.2, 0) is 4.74 Å². The highest BCUT2D eigenvalue weighted by Crippen LogP contribution is 2.28. The summed E-state index contributed by atoms with van der Waals surface area (Å²) in [5.41, 5.74) is 0.201. The molecule has 0 unspecified atom stereocenters. The van der Waals surface area contributed by atoms with Crippen LogP contribution in [0, 0.1) is 0 Å². The molecule has 0 amide bonds. The summed E-state index contributed by atoms with van der Waals surface area (Å²) in [6, 6.07) is 7.23. The summed E-state index contributed by atoms with van der Waals surface area (Å²) in [6.07, 6.45) is 0. The summed E-state index contributed by atoms with van der Waals surface area (Å²) >= 11 is 9.39. The van der Waals surface area contributed by atoms with E-state index in [-0.39, 0.29) is 5.69 Å². The normalized spacial score (nSPS) is 10.4. The van der Waals surface area contributed by atoms with E-state index in [1.165, 1.54) is 7.11 Å². The van der Waals surface area contributed by atoms with Gasteiger partial charge in [-0.2, -0.15) is 0 Å². The Balaban J connectivity index is 2.75. The van der Waals surface area contributed by atoms with E-state index in [1.54, 1.807) is 6.07 Å². The Labute approximate surface area is 106 Å². The molecule has 2 rings (SSSR count). The summed E-state index contributed by atoms with van der Waals surface area (Å²) in [5.74, 6) is -0.500. The number of methoxy groups -OCH3 is 1. The Bertz CT molecular complexity index is 571. The first-order valence-electron chi connectivity index (χ1n) is 4.46. The van der Waals surface area contributed by atoms with E-state index in [0.717, 1.165) is 15.2 Å². The topological polar surface area (TPSA) is 39.2 Å². The molecule has 0 aliphatic heterocycles. The van der Waals surface area contributed by atoms with Crippen LogP contribution in [0.4, 0.5) is 0 Å². The number of benzene rings is 1. The molecular weight excluding hydrogens is 293 g/mol. The van der Waals surface area contributed by atoms with Gasteiger partial charge in [0, 0.05) is 15.2 Å². The van der Waals surface area contributed by atoms with Gasteiger partial charge in [-0.25, -0.2) is 9.78 Å². The number of halogens is 2. The lowest BCUT2D eigenvalue weighted by Crippen LogP contribution is -2.04. The van der Waals surface area contributed by atoms with Crippen LogP contribution in [0.25, 0.3) is 10.8 Å². The summed E-state index contributed by atoms with van der Waals surface area (Å²) in [4.78, 5) is 15.3. The first-order valence-corrected chi connectivity index (χ1v) is 5.63. The third-order valence-electron chi connectivity index (χ3n) is 2.17. The minimum atomic E-state index is -0.500. The van der Waals surface area contributed by atoms with Crippen molar-refractivity contribution in [2.24, 2.45) is 0 Å². The molecule has 1 aromatic carbocycles. The van der Waals surface area contributed by atoms with E-state index in [9.17, 15) is 4.79 Å². The molecule has 0 radical (unpaired) electrons.